The molecule has 1 unspecified atom stereocenters. The van der Waals surface area contributed by atoms with Gasteiger partial charge in [-0.15, -0.1) is 0 Å². The Kier molecular flexibility index (Phi) is 3.03. The van der Waals surface area contributed by atoms with Crippen molar-refractivity contribution < 1.29 is 15.0 Å². The number of aliphatic hydroxyl groups excluding tert-OH is 2. The van der Waals surface area contributed by atoms with Crippen molar-refractivity contribution >= 4 is 5.78 Å². The van der Waals surface area contributed by atoms with Gasteiger partial charge in [-0.2, -0.15) is 0 Å². The summed E-state index contributed by atoms with van der Waals surface area (Å²) in [5.41, 5.74) is 0.584. The molecule has 1 rings (SSSR count). The molecule has 2 N–H and O–H groups in total. The monoisotopic (exact) mass is 180 g/mol. The van der Waals surface area contributed by atoms with Gasteiger partial charge in [-0.05, 0) is 13.3 Å². The van der Waals surface area contributed by atoms with E-state index in [-0.39, 0.29) is 11.5 Å². The molecule has 70 valence electrons. The smallest absolute Gasteiger partial charge is 0.156 e. The Labute approximate surface area is 76.7 Å². The van der Waals surface area contributed by atoms with Gasteiger partial charge in [0, 0.05) is 11.6 Å². The van der Waals surface area contributed by atoms with E-state index in [0.717, 1.165) is 6.08 Å². The van der Waals surface area contributed by atoms with E-state index in [1.54, 1.807) is 18.2 Å². The summed E-state index contributed by atoms with van der Waals surface area (Å²) in [7, 11) is 0. The van der Waals surface area contributed by atoms with Gasteiger partial charge >= 0.3 is 0 Å². The zero-order chi connectivity index (χ0) is 9.84. The highest BCUT2D eigenvalue weighted by Crippen LogP contribution is 2.16. The van der Waals surface area contributed by atoms with E-state index in [9.17, 15) is 9.90 Å². The van der Waals surface area contributed by atoms with Gasteiger partial charge in [0.25, 0.3) is 0 Å². The van der Waals surface area contributed by atoms with E-state index < -0.39 is 6.10 Å². The zero-order valence-corrected chi connectivity index (χ0v) is 7.40. The molecule has 0 spiro atoms. The lowest BCUT2D eigenvalue weighted by Gasteiger charge is -2.09. The predicted molar refractivity (Wildman–Crippen MR) is 49.2 cm³/mol. The molecule has 1 atom stereocenters. The molecular formula is C10H12O3. The van der Waals surface area contributed by atoms with Gasteiger partial charge in [-0.3, -0.25) is 4.79 Å². The predicted octanol–water partition coefficient (Wildman–Crippen LogP) is 1.26. The van der Waals surface area contributed by atoms with Crippen molar-refractivity contribution in [3.8, 4) is 0 Å². The van der Waals surface area contributed by atoms with E-state index in [4.69, 9.17) is 5.11 Å². The third-order valence-electron chi connectivity index (χ3n) is 1.71. The zero-order valence-electron chi connectivity index (χ0n) is 7.40. The largest absolute Gasteiger partial charge is 0.507 e. The number of hydrogen-bond acceptors (Lipinski definition) is 3. The van der Waals surface area contributed by atoms with Crippen molar-refractivity contribution in [1.82, 2.24) is 0 Å². The standard InChI is InChI=1S/C10H12O3/c1-7(11)6-10(13)8-2-4-9(12)5-3-8/h2-4,6,9,12-13H,5H2,1H3. The van der Waals surface area contributed by atoms with Crippen LogP contribution < -0.4 is 0 Å². The first-order chi connectivity index (χ1) is 6.09. The first-order valence-electron chi connectivity index (χ1n) is 4.07. The second-order valence-corrected chi connectivity index (χ2v) is 2.96. The Balaban J connectivity index is 2.75. The number of carbonyl (C=O) groups is 1. The van der Waals surface area contributed by atoms with Crippen molar-refractivity contribution in [3.63, 3.8) is 0 Å². The number of ketones is 1. The maximum Gasteiger partial charge on any atom is 0.156 e. The van der Waals surface area contributed by atoms with Crippen LogP contribution in [-0.4, -0.2) is 22.1 Å². The summed E-state index contributed by atoms with van der Waals surface area (Å²) in [5, 5.41) is 18.5. The summed E-state index contributed by atoms with van der Waals surface area (Å²) >= 11 is 0. The lowest BCUT2D eigenvalue weighted by molar-refractivity contribution is -0.112. The second kappa shape index (κ2) is 4.05. The summed E-state index contributed by atoms with van der Waals surface area (Å²) in [6, 6.07) is 0. The molecule has 3 heteroatoms. The first kappa shape index (κ1) is 9.74. The molecule has 0 aromatic rings. The molecule has 0 fully saturated rings. The van der Waals surface area contributed by atoms with Gasteiger partial charge in [-0.1, -0.05) is 18.2 Å². The van der Waals surface area contributed by atoms with Crippen LogP contribution in [0.4, 0.5) is 0 Å². The van der Waals surface area contributed by atoms with Crippen LogP contribution in [-0.2, 0) is 4.79 Å². The molecule has 0 amide bonds. The lowest BCUT2D eigenvalue weighted by atomic mass is 10.0. The van der Waals surface area contributed by atoms with E-state index >= 15 is 0 Å². The van der Waals surface area contributed by atoms with Crippen LogP contribution in [0.2, 0.25) is 0 Å². The van der Waals surface area contributed by atoms with Crippen LogP contribution in [0.3, 0.4) is 0 Å². The number of hydrogen-bond donors (Lipinski definition) is 2. The maximum atomic E-state index is 10.6. The molecule has 0 aliphatic heterocycles. The molecule has 0 aromatic carbocycles. The average molecular weight is 180 g/mol. The highest BCUT2D eigenvalue weighted by Gasteiger charge is 2.07. The number of carbonyl (C=O) groups excluding carboxylic acids is 1. The van der Waals surface area contributed by atoms with Crippen LogP contribution in [0, 0.1) is 0 Å². The van der Waals surface area contributed by atoms with Crippen molar-refractivity contribution in [2.24, 2.45) is 0 Å². The summed E-state index contributed by atoms with van der Waals surface area (Å²) in [6.07, 6.45) is 6.03. The Bertz CT molecular complexity index is 297. The Morgan fingerprint density at radius 1 is 1.69 bits per heavy atom. The summed E-state index contributed by atoms with van der Waals surface area (Å²) < 4.78 is 0. The minimum Gasteiger partial charge on any atom is -0.507 e. The van der Waals surface area contributed by atoms with Crippen molar-refractivity contribution in [1.29, 1.82) is 0 Å². The lowest BCUT2D eigenvalue weighted by Crippen LogP contribution is -2.05. The first-order valence-corrected chi connectivity index (χ1v) is 4.07. The van der Waals surface area contributed by atoms with Crippen molar-refractivity contribution in [2.75, 3.05) is 0 Å². The molecule has 0 saturated carbocycles. The van der Waals surface area contributed by atoms with E-state index in [0.29, 0.717) is 12.0 Å². The SMILES string of the molecule is CC(=O)C=C(O)C1=CCC(O)C=C1. The fourth-order valence-corrected chi connectivity index (χ4v) is 1.07. The van der Waals surface area contributed by atoms with Crippen molar-refractivity contribution in [3.05, 3.63) is 35.6 Å². The quantitative estimate of drug-likeness (QED) is 0.497. The van der Waals surface area contributed by atoms with E-state index in [1.807, 2.05) is 0 Å². The topological polar surface area (TPSA) is 57.5 Å². The van der Waals surface area contributed by atoms with Crippen LogP contribution in [0.25, 0.3) is 0 Å². The highest BCUT2D eigenvalue weighted by atomic mass is 16.3. The van der Waals surface area contributed by atoms with Crippen LogP contribution in [0.15, 0.2) is 35.6 Å². The molecule has 0 heterocycles. The molecule has 1 aliphatic carbocycles. The van der Waals surface area contributed by atoms with E-state index in [1.165, 1.54) is 6.92 Å². The third kappa shape index (κ3) is 2.87. The van der Waals surface area contributed by atoms with Gasteiger partial charge in [0.2, 0.25) is 0 Å². The van der Waals surface area contributed by atoms with E-state index in [2.05, 4.69) is 0 Å². The highest BCUT2D eigenvalue weighted by molar-refractivity contribution is 5.88. The summed E-state index contributed by atoms with van der Waals surface area (Å²) in [6.45, 7) is 1.37. The molecule has 0 radical (unpaired) electrons. The third-order valence-corrected chi connectivity index (χ3v) is 1.71. The minimum atomic E-state index is -0.478. The number of rotatable bonds is 2. The Morgan fingerprint density at radius 2 is 2.38 bits per heavy atom. The molecular weight excluding hydrogens is 168 g/mol. The molecule has 13 heavy (non-hydrogen) atoms. The minimum absolute atomic E-state index is 0.0457. The normalized spacial score (nSPS) is 22.8. The molecule has 1 aliphatic rings. The second-order valence-electron chi connectivity index (χ2n) is 2.96. The van der Waals surface area contributed by atoms with Gasteiger partial charge in [0.05, 0.1) is 6.10 Å². The van der Waals surface area contributed by atoms with Gasteiger partial charge in [0.15, 0.2) is 5.78 Å². The Morgan fingerprint density at radius 3 is 2.85 bits per heavy atom. The molecule has 3 nitrogen and oxygen atoms in total. The van der Waals surface area contributed by atoms with Crippen LogP contribution >= 0.6 is 0 Å². The van der Waals surface area contributed by atoms with Gasteiger partial charge in [0.1, 0.15) is 5.76 Å². The van der Waals surface area contributed by atoms with Crippen LogP contribution in [0.1, 0.15) is 13.3 Å². The molecule has 0 bridgehead atoms. The molecule has 0 saturated heterocycles. The van der Waals surface area contributed by atoms with Gasteiger partial charge in [-0.25, -0.2) is 0 Å². The van der Waals surface area contributed by atoms with Gasteiger partial charge < -0.3 is 10.2 Å². The fraction of sp³-hybridized carbons (Fsp3) is 0.300. The molecule has 0 aromatic heterocycles. The number of allylic oxidation sites excluding steroid dienone is 2. The number of aliphatic hydroxyl groups is 2. The van der Waals surface area contributed by atoms with Crippen LogP contribution in [0.5, 0.6) is 0 Å². The maximum absolute atomic E-state index is 10.6. The van der Waals surface area contributed by atoms with Crippen molar-refractivity contribution in [2.45, 2.75) is 19.4 Å². The summed E-state index contributed by atoms with van der Waals surface area (Å²) in [4.78, 5) is 10.6. The Hall–Kier alpha value is -1.35. The average Bonchev–Trinajstić information content (AvgIpc) is 2.04. The fourth-order valence-electron chi connectivity index (χ4n) is 1.07. The summed E-state index contributed by atoms with van der Waals surface area (Å²) in [5.74, 6) is -0.242.